The van der Waals surface area contributed by atoms with Crippen molar-refractivity contribution in [3.8, 4) is 0 Å². The molecular weight excluding hydrogens is 301 g/mol. The Morgan fingerprint density at radius 2 is 2.22 bits per heavy atom. The number of nitrogens with two attached hydrogens (primary N) is 1. The predicted octanol–water partition coefficient (Wildman–Crippen LogP) is 1.27. The maximum atomic E-state index is 13.0. The number of carbonyl (C=O) groups excluding carboxylic acids is 1. The summed E-state index contributed by atoms with van der Waals surface area (Å²) in [4.78, 5) is 13.4. The van der Waals surface area contributed by atoms with E-state index < -0.39 is 11.9 Å². The van der Waals surface area contributed by atoms with Crippen molar-refractivity contribution in [2.24, 2.45) is 5.73 Å². The van der Waals surface area contributed by atoms with Crippen LogP contribution in [0.1, 0.15) is 11.6 Å². The summed E-state index contributed by atoms with van der Waals surface area (Å²) in [5, 5.41) is 3.06. The number of amides is 1. The lowest BCUT2D eigenvalue weighted by molar-refractivity contribution is -0.120. The summed E-state index contributed by atoms with van der Waals surface area (Å²) >= 11 is 3.24. The third kappa shape index (κ3) is 4.36. The Morgan fingerprint density at radius 3 is 2.72 bits per heavy atom. The maximum absolute atomic E-state index is 13.0. The zero-order valence-electron chi connectivity index (χ0n) is 10.4. The highest BCUT2D eigenvalue weighted by molar-refractivity contribution is 9.10. The molecule has 4 nitrogen and oxygen atoms in total. The molecule has 0 saturated carbocycles. The Kier molecular flexibility index (Phi) is 5.71. The van der Waals surface area contributed by atoms with Gasteiger partial charge < -0.3 is 16.0 Å². The number of rotatable bonds is 6. The second-order valence-corrected chi connectivity index (χ2v) is 5.11. The number of primary amides is 1. The highest BCUT2D eigenvalue weighted by atomic mass is 79.9. The van der Waals surface area contributed by atoms with Crippen LogP contribution >= 0.6 is 15.9 Å². The molecule has 0 aliphatic carbocycles. The van der Waals surface area contributed by atoms with E-state index in [0.717, 1.165) is 6.54 Å². The number of halogens is 2. The van der Waals surface area contributed by atoms with Gasteiger partial charge in [-0.15, -0.1) is 0 Å². The number of nitrogens with zero attached hydrogens (tertiary/aromatic N) is 1. The molecule has 100 valence electrons. The normalized spacial score (nSPS) is 12.7. The van der Waals surface area contributed by atoms with Gasteiger partial charge in [-0.2, -0.15) is 0 Å². The van der Waals surface area contributed by atoms with Gasteiger partial charge >= 0.3 is 0 Å². The van der Waals surface area contributed by atoms with Gasteiger partial charge in [0.25, 0.3) is 0 Å². The monoisotopic (exact) mass is 317 g/mol. The number of carbonyl (C=O) groups is 1. The van der Waals surface area contributed by atoms with Crippen LogP contribution in [0.4, 0.5) is 4.39 Å². The molecular formula is C12H17BrFN3O. The summed E-state index contributed by atoms with van der Waals surface area (Å²) in [6.07, 6.45) is 0. The first kappa shape index (κ1) is 15.1. The lowest BCUT2D eigenvalue weighted by atomic mass is 10.1. The Hall–Kier alpha value is -0.980. The topological polar surface area (TPSA) is 58.4 Å². The number of likely N-dealkylation sites (N-methyl/N-ethyl adjacent to an activating group) is 1. The van der Waals surface area contributed by atoms with E-state index in [9.17, 15) is 9.18 Å². The Morgan fingerprint density at radius 1 is 1.56 bits per heavy atom. The lowest BCUT2D eigenvalue weighted by Crippen LogP contribution is -2.37. The third-order valence-electron chi connectivity index (χ3n) is 2.47. The largest absolute Gasteiger partial charge is 0.368 e. The van der Waals surface area contributed by atoms with Crippen LogP contribution in [0.5, 0.6) is 0 Å². The van der Waals surface area contributed by atoms with E-state index in [-0.39, 0.29) is 5.82 Å². The van der Waals surface area contributed by atoms with E-state index in [0.29, 0.717) is 16.6 Å². The number of nitrogens with one attached hydrogen (secondary N) is 1. The average Bonchev–Trinajstić information content (AvgIpc) is 2.25. The van der Waals surface area contributed by atoms with E-state index in [2.05, 4.69) is 21.2 Å². The minimum Gasteiger partial charge on any atom is -0.368 e. The van der Waals surface area contributed by atoms with Gasteiger partial charge in [-0.25, -0.2) is 4.39 Å². The lowest BCUT2D eigenvalue weighted by Gasteiger charge is -2.18. The predicted molar refractivity (Wildman–Crippen MR) is 72.6 cm³/mol. The summed E-state index contributed by atoms with van der Waals surface area (Å²) in [6.45, 7) is 1.40. The van der Waals surface area contributed by atoms with Gasteiger partial charge in [0.1, 0.15) is 11.9 Å². The summed E-state index contributed by atoms with van der Waals surface area (Å²) < 4.78 is 13.5. The molecule has 1 aromatic rings. The number of hydrogen-bond acceptors (Lipinski definition) is 3. The second kappa shape index (κ2) is 6.82. The summed E-state index contributed by atoms with van der Waals surface area (Å²) in [7, 11) is 3.88. The maximum Gasteiger partial charge on any atom is 0.239 e. The van der Waals surface area contributed by atoms with Crippen LogP contribution in [0, 0.1) is 5.82 Å². The summed E-state index contributed by atoms with van der Waals surface area (Å²) in [5.41, 5.74) is 6.00. The van der Waals surface area contributed by atoms with Crippen molar-refractivity contribution in [2.45, 2.75) is 6.04 Å². The number of hydrogen-bond donors (Lipinski definition) is 2. The molecule has 0 aliphatic heterocycles. The van der Waals surface area contributed by atoms with Crippen molar-refractivity contribution in [3.05, 3.63) is 34.1 Å². The Balaban J connectivity index is 2.81. The Bertz CT molecular complexity index is 426. The quantitative estimate of drug-likeness (QED) is 0.830. The van der Waals surface area contributed by atoms with E-state index in [1.54, 1.807) is 6.07 Å². The molecule has 0 saturated heterocycles. The standard InChI is InChI=1S/C12H17BrFN3O/c1-17(2)6-5-16-11(12(15)18)9-4-3-8(14)7-10(9)13/h3-4,7,11,16H,5-6H2,1-2H3,(H2,15,18). The molecule has 1 aromatic carbocycles. The van der Waals surface area contributed by atoms with E-state index >= 15 is 0 Å². The first-order valence-corrected chi connectivity index (χ1v) is 6.33. The van der Waals surface area contributed by atoms with E-state index in [1.807, 2.05) is 19.0 Å². The van der Waals surface area contributed by atoms with Crippen LogP contribution in [0.15, 0.2) is 22.7 Å². The van der Waals surface area contributed by atoms with Gasteiger partial charge in [-0.1, -0.05) is 22.0 Å². The van der Waals surface area contributed by atoms with Crippen molar-refractivity contribution in [1.29, 1.82) is 0 Å². The molecule has 1 amide bonds. The van der Waals surface area contributed by atoms with Crippen molar-refractivity contribution in [1.82, 2.24) is 10.2 Å². The van der Waals surface area contributed by atoms with Crippen LogP contribution in [0.25, 0.3) is 0 Å². The molecule has 6 heteroatoms. The fourth-order valence-corrected chi connectivity index (χ4v) is 2.11. The van der Waals surface area contributed by atoms with Gasteiger partial charge in [-0.3, -0.25) is 4.79 Å². The van der Waals surface area contributed by atoms with Crippen LogP contribution in [-0.4, -0.2) is 38.0 Å². The molecule has 0 heterocycles. The molecule has 0 aromatic heterocycles. The second-order valence-electron chi connectivity index (χ2n) is 4.26. The smallest absolute Gasteiger partial charge is 0.239 e. The van der Waals surface area contributed by atoms with Crippen LogP contribution in [-0.2, 0) is 4.79 Å². The van der Waals surface area contributed by atoms with Crippen molar-refractivity contribution in [2.75, 3.05) is 27.2 Å². The van der Waals surface area contributed by atoms with Gasteiger partial charge in [0, 0.05) is 17.6 Å². The molecule has 1 rings (SSSR count). The van der Waals surface area contributed by atoms with Crippen molar-refractivity contribution >= 4 is 21.8 Å². The average molecular weight is 318 g/mol. The first-order chi connectivity index (χ1) is 8.41. The fourth-order valence-electron chi connectivity index (χ4n) is 1.53. The van der Waals surface area contributed by atoms with E-state index in [1.165, 1.54) is 12.1 Å². The van der Waals surface area contributed by atoms with Crippen LogP contribution in [0.3, 0.4) is 0 Å². The van der Waals surface area contributed by atoms with Gasteiger partial charge in [0.2, 0.25) is 5.91 Å². The van der Waals surface area contributed by atoms with Crippen LogP contribution < -0.4 is 11.1 Å². The fraction of sp³-hybridized carbons (Fsp3) is 0.417. The SMILES string of the molecule is CN(C)CCNC(C(N)=O)c1ccc(F)cc1Br. The molecule has 0 bridgehead atoms. The van der Waals surface area contributed by atoms with Gasteiger partial charge in [0.05, 0.1) is 0 Å². The molecule has 0 spiro atoms. The molecule has 1 unspecified atom stereocenters. The van der Waals surface area contributed by atoms with Crippen molar-refractivity contribution < 1.29 is 9.18 Å². The number of benzene rings is 1. The van der Waals surface area contributed by atoms with Gasteiger partial charge in [-0.05, 0) is 31.8 Å². The molecule has 0 radical (unpaired) electrons. The minimum absolute atomic E-state index is 0.359. The molecule has 1 atom stereocenters. The molecule has 18 heavy (non-hydrogen) atoms. The minimum atomic E-state index is -0.625. The zero-order valence-corrected chi connectivity index (χ0v) is 12.0. The highest BCUT2D eigenvalue weighted by Gasteiger charge is 2.19. The van der Waals surface area contributed by atoms with Crippen molar-refractivity contribution in [3.63, 3.8) is 0 Å². The summed E-state index contributed by atoms with van der Waals surface area (Å²) in [6, 6.07) is 3.56. The molecule has 3 N–H and O–H groups in total. The highest BCUT2D eigenvalue weighted by Crippen LogP contribution is 2.24. The summed E-state index contributed by atoms with van der Waals surface area (Å²) in [5.74, 6) is -0.844. The Labute approximate surface area is 114 Å². The van der Waals surface area contributed by atoms with Crippen LogP contribution in [0.2, 0.25) is 0 Å². The van der Waals surface area contributed by atoms with Gasteiger partial charge in [0.15, 0.2) is 0 Å². The van der Waals surface area contributed by atoms with E-state index in [4.69, 9.17) is 5.73 Å². The third-order valence-corrected chi connectivity index (χ3v) is 3.15. The zero-order chi connectivity index (χ0) is 13.7. The molecule has 0 fully saturated rings. The molecule has 0 aliphatic rings. The first-order valence-electron chi connectivity index (χ1n) is 5.54.